The Morgan fingerprint density at radius 2 is 2.28 bits per heavy atom. The van der Waals surface area contributed by atoms with Crippen LogP contribution >= 0.6 is 0 Å². The Morgan fingerprint density at radius 1 is 1.50 bits per heavy atom. The summed E-state index contributed by atoms with van der Waals surface area (Å²) in [6.07, 6.45) is 2.83. The first kappa shape index (κ1) is 12.6. The van der Waals surface area contributed by atoms with Crippen LogP contribution in [0.15, 0.2) is 24.4 Å². The lowest BCUT2D eigenvalue weighted by Gasteiger charge is -2.17. The van der Waals surface area contributed by atoms with E-state index in [0.717, 1.165) is 16.6 Å². The number of fused-ring (bicyclic) bond motifs is 1. The molecule has 4 N–H and O–H groups in total. The van der Waals surface area contributed by atoms with E-state index < -0.39 is 0 Å². The molecule has 18 heavy (non-hydrogen) atoms. The van der Waals surface area contributed by atoms with E-state index >= 15 is 0 Å². The van der Waals surface area contributed by atoms with Crippen LogP contribution in [0, 0.1) is 0 Å². The SMILES string of the molecule is CC(C)(N)CCC(=O)Nc1ccc2cn[nH]c2c1. The molecule has 0 aliphatic rings. The van der Waals surface area contributed by atoms with Gasteiger partial charge in [-0.15, -0.1) is 0 Å². The number of nitrogens with two attached hydrogens (primary N) is 1. The van der Waals surface area contributed by atoms with E-state index in [0.29, 0.717) is 12.8 Å². The first-order valence-electron chi connectivity index (χ1n) is 5.96. The van der Waals surface area contributed by atoms with Gasteiger partial charge in [0.25, 0.3) is 0 Å². The van der Waals surface area contributed by atoms with Gasteiger partial charge in [0.15, 0.2) is 0 Å². The molecule has 1 amide bonds. The number of hydrogen-bond acceptors (Lipinski definition) is 3. The van der Waals surface area contributed by atoms with Crippen molar-refractivity contribution in [1.29, 1.82) is 0 Å². The molecule has 5 nitrogen and oxygen atoms in total. The van der Waals surface area contributed by atoms with Crippen molar-refractivity contribution < 1.29 is 4.79 Å². The van der Waals surface area contributed by atoms with Crippen molar-refractivity contribution in [2.24, 2.45) is 5.73 Å². The predicted molar refractivity (Wildman–Crippen MR) is 72.2 cm³/mol. The second-order valence-corrected chi connectivity index (χ2v) is 5.21. The summed E-state index contributed by atoms with van der Waals surface area (Å²) < 4.78 is 0. The normalized spacial score (nSPS) is 11.7. The van der Waals surface area contributed by atoms with Crippen LogP contribution < -0.4 is 11.1 Å². The van der Waals surface area contributed by atoms with Gasteiger partial charge < -0.3 is 11.1 Å². The van der Waals surface area contributed by atoms with E-state index in [1.54, 1.807) is 6.20 Å². The fourth-order valence-corrected chi connectivity index (χ4v) is 1.67. The minimum absolute atomic E-state index is 0.0209. The van der Waals surface area contributed by atoms with Gasteiger partial charge in [0.1, 0.15) is 0 Å². The molecule has 0 bridgehead atoms. The second kappa shape index (κ2) is 4.78. The molecule has 1 heterocycles. The number of nitrogens with zero attached hydrogens (tertiary/aromatic N) is 1. The van der Waals surface area contributed by atoms with Crippen LogP contribution in [0.2, 0.25) is 0 Å². The number of hydrogen-bond donors (Lipinski definition) is 3. The van der Waals surface area contributed by atoms with E-state index in [-0.39, 0.29) is 11.4 Å². The Morgan fingerprint density at radius 3 is 3.00 bits per heavy atom. The summed E-state index contributed by atoms with van der Waals surface area (Å²) in [5, 5.41) is 10.7. The molecule has 0 radical (unpaired) electrons. The van der Waals surface area contributed by atoms with E-state index in [1.165, 1.54) is 0 Å². The second-order valence-electron chi connectivity index (χ2n) is 5.21. The largest absolute Gasteiger partial charge is 0.326 e. The number of nitrogens with one attached hydrogen (secondary N) is 2. The number of aromatic nitrogens is 2. The third kappa shape index (κ3) is 3.30. The first-order chi connectivity index (χ1) is 8.44. The average molecular weight is 246 g/mol. The number of benzene rings is 1. The third-order valence-corrected chi connectivity index (χ3v) is 2.72. The molecule has 0 spiro atoms. The van der Waals surface area contributed by atoms with E-state index in [9.17, 15) is 4.79 Å². The lowest BCUT2D eigenvalue weighted by molar-refractivity contribution is -0.116. The van der Waals surface area contributed by atoms with Crippen molar-refractivity contribution >= 4 is 22.5 Å². The molecule has 0 aliphatic heterocycles. The molecule has 2 rings (SSSR count). The fraction of sp³-hybridized carbons (Fsp3) is 0.385. The van der Waals surface area contributed by atoms with E-state index in [1.807, 2.05) is 32.0 Å². The molecule has 5 heteroatoms. The van der Waals surface area contributed by atoms with Crippen LogP contribution in [0.25, 0.3) is 10.9 Å². The summed E-state index contributed by atoms with van der Waals surface area (Å²) in [6.45, 7) is 3.83. The van der Waals surface area contributed by atoms with Crippen molar-refractivity contribution in [3.8, 4) is 0 Å². The molecule has 96 valence electrons. The van der Waals surface area contributed by atoms with Crippen LogP contribution in [0.5, 0.6) is 0 Å². The monoisotopic (exact) mass is 246 g/mol. The van der Waals surface area contributed by atoms with Crippen LogP contribution in [0.1, 0.15) is 26.7 Å². The van der Waals surface area contributed by atoms with Gasteiger partial charge in [-0.25, -0.2) is 0 Å². The topological polar surface area (TPSA) is 83.8 Å². The van der Waals surface area contributed by atoms with Crippen LogP contribution in [-0.4, -0.2) is 21.6 Å². The summed E-state index contributed by atoms with van der Waals surface area (Å²) in [5.41, 5.74) is 7.21. The number of carbonyl (C=O) groups excluding carboxylic acids is 1. The van der Waals surface area contributed by atoms with Gasteiger partial charge >= 0.3 is 0 Å². The smallest absolute Gasteiger partial charge is 0.224 e. The highest BCUT2D eigenvalue weighted by atomic mass is 16.1. The van der Waals surface area contributed by atoms with Crippen LogP contribution in [0.4, 0.5) is 5.69 Å². The molecule has 2 aromatic rings. The average Bonchev–Trinajstić information content (AvgIpc) is 2.72. The Labute approximate surface area is 106 Å². The Bertz CT molecular complexity index is 553. The molecule has 0 saturated carbocycles. The summed E-state index contributed by atoms with van der Waals surface area (Å²) in [7, 11) is 0. The number of aromatic amines is 1. The first-order valence-corrected chi connectivity index (χ1v) is 5.96. The molecule has 0 unspecified atom stereocenters. The Kier molecular flexibility index (Phi) is 3.34. The standard InChI is InChI=1S/C13H18N4O/c1-13(2,14)6-5-12(18)16-10-4-3-9-8-15-17-11(9)7-10/h3-4,7-8H,5-6,14H2,1-2H3,(H,15,17)(H,16,18). The van der Waals surface area contributed by atoms with Crippen molar-refractivity contribution in [3.63, 3.8) is 0 Å². The zero-order valence-electron chi connectivity index (χ0n) is 10.7. The summed E-state index contributed by atoms with van der Waals surface area (Å²) in [4.78, 5) is 11.7. The Balaban J connectivity index is 1.98. The maximum Gasteiger partial charge on any atom is 0.224 e. The quantitative estimate of drug-likeness (QED) is 0.771. The molecule has 0 aliphatic carbocycles. The number of anilines is 1. The highest BCUT2D eigenvalue weighted by Crippen LogP contribution is 2.17. The minimum atomic E-state index is -0.315. The molecule has 0 saturated heterocycles. The highest BCUT2D eigenvalue weighted by molar-refractivity contribution is 5.93. The maximum absolute atomic E-state index is 11.7. The van der Waals surface area contributed by atoms with Gasteiger partial charge in [-0.2, -0.15) is 5.10 Å². The fourth-order valence-electron chi connectivity index (χ4n) is 1.67. The zero-order chi connectivity index (χ0) is 13.2. The molecule has 1 aromatic heterocycles. The highest BCUT2D eigenvalue weighted by Gasteiger charge is 2.13. The van der Waals surface area contributed by atoms with Crippen LogP contribution in [-0.2, 0) is 4.79 Å². The maximum atomic E-state index is 11.7. The van der Waals surface area contributed by atoms with E-state index in [4.69, 9.17) is 5.73 Å². The van der Waals surface area contributed by atoms with Crippen molar-refractivity contribution in [2.75, 3.05) is 5.32 Å². The van der Waals surface area contributed by atoms with Crippen molar-refractivity contribution in [1.82, 2.24) is 10.2 Å². The van der Waals surface area contributed by atoms with Crippen LogP contribution in [0.3, 0.4) is 0 Å². The van der Waals surface area contributed by atoms with E-state index in [2.05, 4.69) is 15.5 Å². The zero-order valence-corrected chi connectivity index (χ0v) is 10.7. The van der Waals surface area contributed by atoms with Crippen molar-refractivity contribution in [3.05, 3.63) is 24.4 Å². The van der Waals surface area contributed by atoms with Crippen molar-refractivity contribution in [2.45, 2.75) is 32.2 Å². The molecular weight excluding hydrogens is 228 g/mol. The van der Waals surface area contributed by atoms with Gasteiger partial charge in [-0.1, -0.05) is 0 Å². The van der Waals surface area contributed by atoms with Gasteiger partial charge in [-0.3, -0.25) is 9.89 Å². The van der Waals surface area contributed by atoms with Gasteiger partial charge in [0.05, 0.1) is 11.7 Å². The molecule has 0 atom stereocenters. The lowest BCUT2D eigenvalue weighted by atomic mass is 10.00. The van der Waals surface area contributed by atoms with Gasteiger partial charge in [-0.05, 0) is 38.5 Å². The number of carbonyl (C=O) groups is 1. The predicted octanol–water partition coefficient (Wildman–Crippen LogP) is 2.02. The van der Waals surface area contributed by atoms with Gasteiger partial charge in [0, 0.05) is 23.0 Å². The van der Waals surface area contributed by atoms with Gasteiger partial charge in [0.2, 0.25) is 5.91 Å². The molecular formula is C13H18N4O. The molecule has 0 fully saturated rings. The summed E-state index contributed by atoms with van der Waals surface area (Å²) in [5.74, 6) is -0.0209. The molecule has 1 aromatic carbocycles. The number of amides is 1. The number of H-pyrrole nitrogens is 1. The Hall–Kier alpha value is -1.88. The summed E-state index contributed by atoms with van der Waals surface area (Å²) in [6, 6.07) is 5.65. The number of rotatable bonds is 4. The minimum Gasteiger partial charge on any atom is -0.326 e. The lowest BCUT2D eigenvalue weighted by Crippen LogP contribution is -2.33. The summed E-state index contributed by atoms with van der Waals surface area (Å²) >= 11 is 0. The third-order valence-electron chi connectivity index (χ3n) is 2.72.